The first-order valence-electron chi connectivity index (χ1n) is 8.27. The van der Waals surface area contributed by atoms with Crippen LogP contribution in [0.25, 0.3) is 0 Å². The van der Waals surface area contributed by atoms with Crippen molar-refractivity contribution in [1.82, 2.24) is 5.32 Å². The van der Waals surface area contributed by atoms with Crippen LogP contribution in [0.1, 0.15) is 17.2 Å². The van der Waals surface area contributed by atoms with Gasteiger partial charge in [-0.1, -0.05) is 42.5 Å². The molecule has 2 aromatic rings. The average molecular weight is 398 g/mol. The molecule has 4 N–H and O–H groups in total. The number of carbonyl (C=O) groups excluding carboxylic acids is 1. The smallest absolute Gasteiger partial charge is 0.475 e. The maximum Gasteiger partial charge on any atom is 0.490 e. The number of halogens is 3. The van der Waals surface area contributed by atoms with Crippen molar-refractivity contribution in [3.8, 4) is 0 Å². The van der Waals surface area contributed by atoms with Gasteiger partial charge in [0, 0.05) is 12.2 Å². The van der Waals surface area contributed by atoms with Crippen molar-refractivity contribution in [2.45, 2.75) is 18.7 Å². The Hall–Kier alpha value is -2.91. The molecule has 1 atom stereocenters. The molecule has 152 valence electrons. The number of benzene rings is 2. The largest absolute Gasteiger partial charge is 0.490 e. The van der Waals surface area contributed by atoms with Crippen molar-refractivity contribution in [3.05, 3.63) is 65.7 Å². The lowest BCUT2D eigenvalue weighted by Crippen LogP contribution is -2.23. The van der Waals surface area contributed by atoms with E-state index in [2.05, 4.69) is 10.6 Å². The van der Waals surface area contributed by atoms with Gasteiger partial charge in [0.25, 0.3) is 0 Å². The number of hydrogen-bond acceptors (Lipinski definition) is 4. The molecular formula is C19H21F3N2O4. The van der Waals surface area contributed by atoms with E-state index in [4.69, 9.17) is 9.90 Å². The summed E-state index contributed by atoms with van der Waals surface area (Å²) in [5.74, 6) is -2.76. The van der Waals surface area contributed by atoms with Gasteiger partial charge in [-0.05, 0) is 36.2 Å². The molecule has 2 aromatic carbocycles. The minimum Gasteiger partial charge on any atom is -0.475 e. The Bertz CT molecular complexity index is 722. The SMILES string of the molecule is O=C(O)C(F)(F)F.O=CNc1ccc(CCNC[C@H](O)c2ccccc2)cc1. The van der Waals surface area contributed by atoms with E-state index in [1.165, 1.54) is 5.56 Å². The Morgan fingerprint density at radius 1 is 1.07 bits per heavy atom. The van der Waals surface area contributed by atoms with Crippen LogP contribution in [-0.4, -0.2) is 41.9 Å². The van der Waals surface area contributed by atoms with Gasteiger partial charge in [0.05, 0.1) is 6.10 Å². The summed E-state index contributed by atoms with van der Waals surface area (Å²) >= 11 is 0. The minimum atomic E-state index is -5.08. The van der Waals surface area contributed by atoms with E-state index in [9.17, 15) is 23.1 Å². The molecule has 0 unspecified atom stereocenters. The normalized spacial score (nSPS) is 11.7. The van der Waals surface area contributed by atoms with Crippen LogP contribution in [0.2, 0.25) is 0 Å². The highest BCUT2D eigenvalue weighted by Gasteiger charge is 2.38. The van der Waals surface area contributed by atoms with Crippen LogP contribution in [0, 0.1) is 0 Å². The highest BCUT2D eigenvalue weighted by molar-refractivity contribution is 5.73. The third-order valence-corrected chi connectivity index (χ3v) is 3.53. The molecule has 0 saturated carbocycles. The quantitative estimate of drug-likeness (QED) is 0.405. The predicted octanol–water partition coefficient (Wildman–Crippen LogP) is 2.75. The van der Waals surface area contributed by atoms with Crippen LogP contribution in [0.5, 0.6) is 0 Å². The van der Waals surface area contributed by atoms with Crippen LogP contribution < -0.4 is 10.6 Å². The number of rotatable bonds is 8. The molecule has 1 amide bonds. The fourth-order valence-corrected chi connectivity index (χ4v) is 2.10. The van der Waals surface area contributed by atoms with E-state index in [-0.39, 0.29) is 0 Å². The third kappa shape index (κ3) is 9.15. The maximum atomic E-state index is 10.6. The second-order valence-corrected chi connectivity index (χ2v) is 5.64. The molecule has 0 aliphatic rings. The van der Waals surface area contributed by atoms with Gasteiger partial charge in [0.2, 0.25) is 6.41 Å². The van der Waals surface area contributed by atoms with Crippen molar-refractivity contribution >= 4 is 18.1 Å². The number of carbonyl (C=O) groups is 2. The van der Waals surface area contributed by atoms with Gasteiger partial charge in [-0.25, -0.2) is 4.79 Å². The molecule has 0 saturated heterocycles. The first-order valence-corrected chi connectivity index (χ1v) is 8.27. The Kier molecular flexibility index (Phi) is 9.69. The van der Waals surface area contributed by atoms with Crippen molar-refractivity contribution < 1.29 is 33.0 Å². The van der Waals surface area contributed by atoms with Crippen molar-refractivity contribution in [2.24, 2.45) is 0 Å². The summed E-state index contributed by atoms with van der Waals surface area (Å²) < 4.78 is 31.7. The topological polar surface area (TPSA) is 98.7 Å². The lowest BCUT2D eigenvalue weighted by molar-refractivity contribution is -0.192. The Balaban J connectivity index is 0.000000480. The summed E-state index contributed by atoms with van der Waals surface area (Å²) in [6.45, 7) is 1.33. The second-order valence-electron chi connectivity index (χ2n) is 5.64. The molecule has 0 radical (unpaired) electrons. The number of hydrogen-bond donors (Lipinski definition) is 4. The minimum absolute atomic E-state index is 0.481. The number of aliphatic hydroxyl groups is 1. The first-order chi connectivity index (χ1) is 13.2. The lowest BCUT2D eigenvalue weighted by atomic mass is 10.1. The molecule has 0 heterocycles. The van der Waals surface area contributed by atoms with Crippen LogP contribution in [0.15, 0.2) is 54.6 Å². The number of amides is 1. The van der Waals surface area contributed by atoms with E-state index in [1.54, 1.807) is 0 Å². The van der Waals surface area contributed by atoms with Crippen LogP contribution in [0.4, 0.5) is 18.9 Å². The summed E-state index contributed by atoms with van der Waals surface area (Å²) in [4.78, 5) is 19.2. The van der Waals surface area contributed by atoms with Crippen LogP contribution >= 0.6 is 0 Å². The molecule has 28 heavy (non-hydrogen) atoms. The first kappa shape index (κ1) is 23.1. The van der Waals surface area contributed by atoms with Gasteiger partial charge >= 0.3 is 12.1 Å². The Morgan fingerprint density at radius 3 is 2.14 bits per heavy atom. The molecule has 0 aromatic heterocycles. The zero-order valence-corrected chi connectivity index (χ0v) is 14.8. The van der Waals surface area contributed by atoms with E-state index in [1.807, 2.05) is 54.6 Å². The lowest BCUT2D eigenvalue weighted by Gasteiger charge is -2.12. The molecule has 0 aliphatic heterocycles. The number of carboxylic acid groups (broad SMARTS) is 1. The van der Waals surface area contributed by atoms with Gasteiger partial charge in [0.1, 0.15) is 0 Å². The van der Waals surface area contributed by atoms with E-state index >= 15 is 0 Å². The average Bonchev–Trinajstić information content (AvgIpc) is 2.67. The van der Waals surface area contributed by atoms with Gasteiger partial charge in [-0.15, -0.1) is 0 Å². The number of carboxylic acids is 1. The molecule has 0 aliphatic carbocycles. The molecule has 9 heteroatoms. The highest BCUT2D eigenvalue weighted by atomic mass is 19.4. The molecule has 0 fully saturated rings. The van der Waals surface area contributed by atoms with Crippen LogP contribution in [-0.2, 0) is 16.0 Å². The molecule has 0 bridgehead atoms. The Labute approximate surface area is 160 Å². The molecule has 0 spiro atoms. The number of aliphatic carboxylic acids is 1. The number of anilines is 1. The number of nitrogens with one attached hydrogen (secondary N) is 2. The fraction of sp³-hybridized carbons (Fsp3) is 0.263. The molecular weight excluding hydrogens is 377 g/mol. The van der Waals surface area contributed by atoms with E-state index < -0.39 is 18.2 Å². The maximum absolute atomic E-state index is 10.6. The third-order valence-electron chi connectivity index (χ3n) is 3.53. The summed E-state index contributed by atoms with van der Waals surface area (Å²) in [7, 11) is 0. The van der Waals surface area contributed by atoms with Gasteiger partial charge in [-0.3, -0.25) is 4.79 Å². The summed E-state index contributed by atoms with van der Waals surface area (Å²) in [5, 5.41) is 23.0. The van der Waals surface area contributed by atoms with Crippen molar-refractivity contribution in [1.29, 1.82) is 0 Å². The van der Waals surface area contributed by atoms with Gasteiger partial charge < -0.3 is 20.8 Å². The number of aliphatic hydroxyl groups excluding tert-OH is 1. The summed E-state index contributed by atoms with van der Waals surface area (Å²) in [6, 6.07) is 17.4. The monoisotopic (exact) mass is 398 g/mol. The number of alkyl halides is 3. The summed E-state index contributed by atoms with van der Waals surface area (Å²) in [6.07, 6.45) is -4.02. The zero-order valence-electron chi connectivity index (χ0n) is 14.8. The van der Waals surface area contributed by atoms with Crippen LogP contribution in [0.3, 0.4) is 0 Å². The van der Waals surface area contributed by atoms with Gasteiger partial charge in [-0.2, -0.15) is 13.2 Å². The van der Waals surface area contributed by atoms with E-state index in [0.29, 0.717) is 13.0 Å². The summed E-state index contributed by atoms with van der Waals surface area (Å²) in [5.41, 5.74) is 2.91. The molecule has 2 rings (SSSR count). The standard InChI is InChI=1S/C17H20N2O2.C2HF3O2/c20-13-19-16-8-6-14(7-9-16)10-11-18-12-17(21)15-4-2-1-3-5-15;3-2(4,5)1(6)7/h1-9,13,17-18,21H,10-12H2,(H,19,20);(H,6,7)/t17-;/m0./s1. The van der Waals surface area contributed by atoms with Crippen molar-refractivity contribution in [3.63, 3.8) is 0 Å². The second kappa shape index (κ2) is 11.7. The Morgan fingerprint density at radius 2 is 1.64 bits per heavy atom. The van der Waals surface area contributed by atoms with Crippen molar-refractivity contribution in [2.75, 3.05) is 18.4 Å². The zero-order chi connectivity index (χ0) is 21.0. The van der Waals surface area contributed by atoms with E-state index in [0.717, 1.165) is 24.2 Å². The van der Waals surface area contributed by atoms with Gasteiger partial charge in [0.15, 0.2) is 0 Å². The fourth-order valence-electron chi connectivity index (χ4n) is 2.10. The highest BCUT2D eigenvalue weighted by Crippen LogP contribution is 2.13. The molecule has 6 nitrogen and oxygen atoms in total. The predicted molar refractivity (Wildman–Crippen MR) is 97.8 cm³/mol.